The highest BCUT2D eigenvalue weighted by Crippen LogP contribution is 2.45. The molecule has 0 bridgehead atoms. The van der Waals surface area contributed by atoms with Gasteiger partial charge in [-0.25, -0.2) is 4.79 Å². The lowest BCUT2D eigenvalue weighted by Crippen LogP contribution is -2.22. The van der Waals surface area contributed by atoms with E-state index in [4.69, 9.17) is 41.0 Å². The monoisotopic (exact) mass is 638 g/mol. The second kappa shape index (κ2) is 13.9. The fourth-order valence-electron chi connectivity index (χ4n) is 5.03. The second-order valence-electron chi connectivity index (χ2n) is 11.7. The Kier molecular flexibility index (Phi) is 9.74. The molecule has 0 radical (unpaired) electrons. The lowest BCUT2D eigenvalue weighted by Gasteiger charge is -2.27. The maximum absolute atomic E-state index is 12.6. The van der Waals surface area contributed by atoms with E-state index >= 15 is 0 Å². The number of carbonyl (C=O) groups is 1. The number of nitrogens with zero attached hydrogens (tertiary/aromatic N) is 1. The van der Waals surface area contributed by atoms with Crippen LogP contribution in [0.3, 0.4) is 0 Å². The quantitative estimate of drug-likeness (QED) is 0.138. The molecule has 8 nitrogen and oxygen atoms in total. The number of esters is 1. The van der Waals surface area contributed by atoms with Gasteiger partial charge in [0, 0.05) is 16.7 Å². The van der Waals surface area contributed by atoms with Crippen molar-refractivity contribution in [3.63, 3.8) is 0 Å². The summed E-state index contributed by atoms with van der Waals surface area (Å²) in [6.45, 7) is 8.73. The number of hydrogen-bond acceptors (Lipinski definition) is 8. The van der Waals surface area contributed by atoms with Gasteiger partial charge in [0.15, 0.2) is 18.1 Å². The number of fused-ring (bicyclic) bond motifs is 1. The molecule has 1 unspecified atom stereocenters. The molecule has 1 heterocycles. The SMILES string of the molecule is CCOc1cc(C2C(C#N)=C(N)Oc3cc(OC(=O)COc4ccc(C(C)(C)C)cc4)ccc32)ccc1OCc1ccc(Cl)cc1. The zero-order valence-corrected chi connectivity index (χ0v) is 26.9. The standard InChI is InChI=1S/C37H35ClN2O6/c1-5-42-33-18-24(8-17-31(33)44-21-23-6-11-26(38)12-7-23)35-29-16-15-28(19-32(29)46-36(40)30(35)20-39)45-34(41)22-43-27-13-9-25(10-14-27)37(2,3)4/h6-19,35H,5,21-22,40H2,1-4H3. The van der Waals surface area contributed by atoms with E-state index < -0.39 is 11.9 Å². The van der Waals surface area contributed by atoms with Crippen molar-refractivity contribution in [2.75, 3.05) is 13.2 Å². The van der Waals surface area contributed by atoms with Gasteiger partial charge in [-0.3, -0.25) is 0 Å². The van der Waals surface area contributed by atoms with E-state index in [2.05, 4.69) is 26.8 Å². The summed E-state index contributed by atoms with van der Waals surface area (Å²) in [5.41, 5.74) is 10.0. The normalized spacial score (nSPS) is 14.0. The van der Waals surface area contributed by atoms with Gasteiger partial charge in [-0.15, -0.1) is 0 Å². The number of hydrogen-bond donors (Lipinski definition) is 1. The molecule has 1 atom stereocenters. The topological polar surface area (TPSA) is 113 Å². The van der Waals surface area contributed by atoms with Gasteiger partial charge in [-0.05, 0) is 71.5 Å². The van der Waals surface area contributed by atoms with Crippen LogP contribution in [-0.2, 0) is 16.8 Å². The summed E-state index contributed by atoms with van der Waals surface area (Å²) in [6, 6.07) is 27.7. The van der Waals surface area contributed by atoms with E-state index in [-0.39, 0.29) is 29.2 Å². The molecule has 0 aliphatic carbocycles. The minimum atomic E-state index is -0.580. The maximum atomic E-state index is 12.6. The Morgan fingerprint density at radius 3 is 2.30 bits per heavy atom. The molecule has 0 amide bonds. The van der Waals surface area contributed by atoms with Crippen LogP contribution in [0.15, 0.2) is 96.4 Å². The van der Waals surface area contributed by atoms with E-state index in [1.165, 1.54) is 0 Å². The third-order valence-corrected chi connectivity index (χ3v) is 7.66. The van der Waals surface area contributed by atoms with Gasteiger partial charge >= 0.3 is 5.97 Å². The van der Waals surface area contributed by atoms with Crippen LogP contribution in [0.25, 0.3) is 0 Å². The lowest BCUT2D eigenvalue weighted by atomic mass is 9.83. The molecule has 236 valence electrons. The summed E-state index contributed by atoms with van der Waals surface area (Å²) in [5, 5.41) is 10.7. The van der Waals surface area contributed by atoms with Crippen molar-refractivity contribution < 1.29 is 28.5 Å². The third kappa shape index (κ3) is 7.56. The van der Waals surface area contributed by atoms with Crippen LogP contribution in [0.5, 0.6) is 28.7 Å². The summed E-state index contributed by atoms with van der Waals surface area (Å²) in [7, 11) is 0. The zero-order chi connectivity index (χ0) is 32.8. The fraction of sp³-hybridized carbons (Fsp3) is 0.243. The van der Waals surface area contributed by atoms with Crippen molar-refractivity contribution in [2.45, 2.75) is 45.6 Å². The predicted octanol–water partition coefficient (Wildman–Crippen LogP) is 7.82. The van der Waals surface area contributed by atoms with Crippen molar-refractivity contribution in [2.24, 2.45) is 5.73 Å². The van der Waals surface area contributed by atoms with Crippen molar-refractivity contribution in [1.82, 2.24) is 0 Å². The molecule has 4 aromatic carbocycles. The van der Waals surface area contributed by atoms with E-state index in [1.54, 1.807) is 18.2 Å². The first kappa shape index (κ1) is 32.3. The number of ether oxygens (including phenoxy) is 5. The third-order valence-electron chi connectivity index (χ3n) is 7.41. The molecular formula is C37H35ClN2O6. The molecule has 0 fully saturated rings. The van der Waals surface area contributed by atoms with Crippen LogP contribution in [0.4, 0.5) is 0 Å². The van der Waals surface area contributed by atoms with E-state index in [9.17, 15) is 10.1 Å². The number of benzene rings is 4. The van der Waals surface area contributed by atoms with Gasteiger partial charge in [0.1, 0.15) is 35.5 Å². The van der Waals surface area contributed by atoms with E-state index in [1.807, 2.05) is 73.7 Å². The Morgan fingerprint density at radius 1 is 0.913 bits per heavy atom. The average molecular weight is 639 g/mol. The largest absolute Gasteiger partial charge is 0.490 e. The van der Waals surface area contributed by atoms with Crippen LogP contribution in [-0.4, -0.2) is 19.2 Å². The molecule has 5 rings (SSSR count). The molecule has 1 aliphatic rings. The Hall–Kier alpha value is -5.13. The second-order valence-corrected chi connectivity index (χ2v) is 12.2. The predicted molar refractivity (Wildman–Crippen MR) is 175 cm³/mol. The summed E-state index contributed by atoms with van der Waals surface area (Å²) in [5.74, 6) is 1.10. The molecule has 0 saturated carbocycles. The Labute approximate surface area is 273 Å². The van der Waals surface area contributed by atoms with Crippen LogP contribution in [0, 0.1) is 11.3 Å². The molecule has 9 heteroatoms. The van der Waals surface area contributed by atoms with E-state index in [0.29, 0.717) is 46.8 Å². The molecule has 0 aromatic heterocycles. The van der Waals surface area contributed by atoms with Gasteiger partial charge < -0.3 is 29.4 Å². The van der Waals surface area contributed by atoms with Gasteiger partial charge in [-0.2, -0.15) is 5.26 Å². The summed E-state index contributed by atoms with van der Waals surface area (Å²) in [4.78, 5) is 12.6. The average Bonchev–Trinajstić information content (AvgIpc) is 3.03. The number of nitrogens with two attached hydrogens (primary N) is 1. The number of halogens is 1. The molecular weight excluding hydrogens is 604 g/mol. The summed E-state index contributed by atoms with van der Waals surface area (Å²) < 4.78 is 29.0. The van der Waals surface area contributed by atoms with Gasteiger partial charge in [0.05, 0.1) is 12.5 Å². The van der Waals surface area contributed by atoms with Crippen LogP contribution in [0.1, 0.15) is 55.9 Å². The highest BCUT2D eigenvalue weighted by molar-refractivity contribution is 6.30. The van der Waals surface area contributed by atoms with Gasteiger partial charge in [0.2, 0.25) is 5.88 Å². The van der Waals surface area contributed by atoms with Crippen LogP contribution < -0.4 is 29.4 Å². The maximum Gasteiger partial charge on any atom is 0.349 e. The number of rotatable bonds is 10. The molecule has 2 N–H and O–H groups in total. The highest BCUT2D eigenvalue weighted by atomic mass is 35.5. The molecule has 0 saturated heterocycles. The van der Waals surface area contributed by atoms with Crippen LogP contribution in [0.2, 0.25) is 5.02 Å². The van der Waals surface area contributed by atoms with E-state index in [0.717, 1.165) is 16.7 Å². The van der Waals surface area contributed by atoms with Gasteiger partial charge in [0.25, 0.3) is 0 Å². The van der Waals surface area contributed by atoms with Crippen molar-refractivity contribution in [3.8, 4) is 34.8 Å². The highest BCUT2D eigenvalue weighted by Gasteiger charge is 2.32. The summed E-state index contributed by atoms with van der Waals surface area (Å²) >= 11 is 6.00. The van der Waals surface area contributed by atoms with Crippen LogP contribution >= 0.6 is 11.6 Å². The zero-order valence-electron chi connectivity index (χ0n) is 26.1. The first-order valence-corrected chi connectivity index (χ1v) is 15.2. The Morgan fingerprint density at radius 2 is 1.63 bits per heavy atom. The fourth-order valence-corrected chi connectivity index (χ4v) is 5.16. The molecule has 46 heavy (non-hydrogen) atoms. The van der Waals surface area contributed by atoms with Crippen molar-refractivity contribution >= 4 is 17.6 Å². The molecule has 4 aromatic rings. The smallest absolute Gasteiger partial charge is 0.349 e. The Balaban J connectivity index is 1.33. The Bertz CT molecular complexity index is 1790. The first-order chi connectivity index (χ1) is 22.0. The van der Waals surface area contributed by atoms with Gasteiger partial charge in [-0.1, -0.05) is 68.8 Å². The minimum Gasteiger partial charge on any atom is -0.490 e. The van der Waals surface area contributed by atoms with Crippen molar-refractivity contribution in [3.05, 3.63) is 124 Å². The molecule has 0 spiro atoms. The molecule has 1 aliphatic heterocycles. The number of carbonyl (C=O) groups excluding carboxylic acids is 1. The van der Waals surface area contributed by atoms with Crippen molar-refractivity contribution in [1.29, 1.82) is 5.26 Å². The number of allylic oxidation sites excluding steroid dienone is 1. The minimum absolute atomic E-state index is 0.0134. The number of nitriles is 1. The first-order valence-electron chi connectivity index (χ1n) is 14.8. The lowest BCUT2D eigenvalue weighted by molar-refractivity contribution is -0.136. The summed E-state index contributed by atoms with van der Waals surface area (Å²) in [6.07, 6.45) is 0.